The summed E-state index contributed by atoms with van der Waals surface area (Å²) in [6, 6.07) is 36.8. The molecule has 0 aliphatic heterocycles. The van der Waals surface area contributed by atoms with E-state index in [2.05, 4.69) is 36.2 Å². The molecule has 1 aliphatic carbocycles. The average Bonchev–Trinajstić information content (AvgIpc) is 3.50. The standard InChI is InChI=1S/C40H33NO7/c1-2-21-45-37(42)26-46-33-18-16-29(17-19-33)39(48-34-13-8-12-31(24-34)38(43)28-9-4-3-5-10-28)41-40(44)47-25-27-15-20-36-32(22-27)23-30-11-6-7-14-35(30)36/h2-20,22,24,39H,1,21,23,25-26H2,(H,41,44). The van der Waals surface area contributed by atoms with Gasteiger partial charge in [-0.15, -0.1) is 0 Å². The van der Waals surface area contributed by atoms with Crippen molar-refractivity contribution in [2.45, 2.75) is 19.3 Å². The Bertz CT molecular complexity index is 1940. The number of carbonyl (C=O) groups excluding carboxylic acids is 3. The van der Waals surface area contributed by atoms with Crippen molar-refractivity contribution >= 4 is 17.8 Å². The second-order valence-corrected chi connectivity index (χ2v) is 11.1. The Morgan fingerprint density at radius 2 is 1.48 bits per heavy atom. The molecule has 240 valence electrons. The van der Waals surface area contributed by atoms with Gasteiger partial charge in [-0.2, -0.15) is 0 Å². The summed E-state index contributed by atoms with van der Waals surface area (Å²) in [5.41, 5.74) is 7.33. The summed E-state index contributed by atoms with van der Waals surface area (Å²) in [6.07, 6.45) is 0.637. The zero-order valence-electron chi connectivity index (χ0n) is 26.1. The lowest BCUT2D eigenvalue weighted by Crippen LogP contribution is -2.32. The number of esters is 1. The van der Waals surface area contributed by atoms with E-state index in [0.717, 1.165) is 12.0 Å². The molecule has 8 nitrogen and oxygen atoms in total. The molecular formula is C40H33NO7. The van der Waals surface area contributed by atoms with Gasteiger partial charge in [-0.05, 0) is 70.6 Å². The first-order valence-electron chi connectivity index (χ1n) is 15.5. The molecule has 48 heavy (non-hydrogen) atoms. The molecule has 1 N–H and O–H groups in total. The fraction of sp³-hybridized carbons (Fsp3) is 0.125. The summed E-state index contributed by atoms with van der Waals surface area (Å²) in [5, 5.41) is 2.80. The van der Waals surface area contributed by atoms with Crippen molar-refractivity contribution in [1.82, 2.24) is 5.32 Å². The smallest absolute Gasteiger partial charge is 0.410 e. The molecule has 0 spiro atoms. The fourth-order valence-electron chi connectivity index (χ4n) is 5.44. The Kier molecular flexibility index (Phi) is 9.92. The molecule has 1 aliphatic rings. The summed E-state index contributed by atoms with van der Waals surface area (Å²) in [6.45, 7) is 3.41. The molecule has 0 saturated heterocycles. The van der Waals surface area contributed by atoms with Crippen molar-refractivity contribution in [2.75, 3.05) is 13.2 Å². The second kappa shape index (κ2) is 15.0. The van der Waals surface area contributed by atoms with Gasteiger partial charge in [0.25, 0.3) is 0 Å². The number of hydrogen-bond donors (Lipinski definition) is 1. The van der Waals surface area contributed by atoms with E-state index < -0.39 is 18.3 Å². The predicted octanol–water partition coefficient (Wildman–Crippen LogP) is 7.60. The summed E-state index contributed by atoms with van der Waals surface area (Å²) in [4.78, 5) is 38.0. The molecule has 6 rings (SSSR count). The zero-order chi connectivity index (χ0) is 33.3. The monoisotopic (exact) mass is 639 g/mol. The highest BCUT2D eigenvalue weighted by atomic mass is 16.6. The summed E-state index contributed by atoms with van der Waals surface area (Å²) in [5.74, 6) is 0.105. The molecule has 0 aromatic heterocycles. The van der Waals surface area contributed by atoms with Crippen LogP contribution < -0.4 is 14.8 Å². The minimum absolute atomic E-state index is 0.0674. The highest BCUT2D eigenvalue weighted by molar-refractivity contribution is 6.09. The maximum Gasteiger partial charge on any atom is 0.410 e. The molecule has 0 radical (unpaired) electrons. The van der Waals surface area contributed by atoms with Crippen LogP contribution in [0.3, 0.4) is 0 Å². The minimum atomic E-state index is -0.985. The molecule has 1 unspecified atom stereocenters. The molecule has 1 amide bonds. The van der Waals surface area contributed by atoms with Gasteiger partial charge in [0, 0.05) is 16.7 Å². The first kappa shape index (κ1) is 31.8. The number of benzene rings is 5. The molecule has 8 heteroatoms. The first-order valence-corrected chi connectivity index (χ1v) is 15.5. The molecular weight excluding hydrogens is 606 g/mol. The van der Waals surface area contributed by atoms with E-state index in [-0.39, 0.29) is 25.6 Å². The third kappa shape index (κ3) is 7.79. The van der Waals surface area contributed by atoms with Crippen molar-refractivity contribution in [3.05, 3.63) is 167 Å². The highest BCUT2D eigenvalue weighted by Crippen LogP contribution is 2.36. The van der Waals surface area contributed by atoms with E-state index in [4.69, 9.17) is 18.9 Å². The van der Waals surface area contributed by atoms with Gasteiger partial charge in [0.1, 0.15) is 24.7 Å². The van der Waals surface area contributed by atoms with Crippen LogP contribution >= 0.6 is 0 Å². The maximum atomic E-state index is 13.1. The van der Waals surface area contributed by atoms with Crippen LogP contribution in [-0.2, 0) is 27.3 Å². The van der Waals surface area contributed by atoms with Crippen molar-refractivity contribution in [3.63, 3.8) is 0 Å². The van der Waals surface area contributed by atoms with Crippen LogP contribution in [0.1, 0.15) is 44.4 Å². The molecule has 0 saturated carbocycles. The van der Waals surface area contributed by atoms with Gasteiger partial charge < -0.3 is 18.9 Å². The van der Waals surface area contributed by atoms with Gasteiger partial charge in [-0.1, -0.05) is 97.6 Å². The maximum absolute atomic E-state index is 13.1. The summed E-state index contributed by atoms with van der Waals surface area (Å²) >= 11 is 0. The van der Waals surface area contributed by atoms with Crippen molar-refractivity contribution in [3.8, 4) is 22.6 Å². The van der Waals surface area contributed by atoms with Gasteiger partial charge in [0.05, 0.1) is 0 Å². The lowest BCUT2D eigenvalue weighted by Gasteiger charge is -2.21. The van der Waals surface area contributed by atoms with Crippen LogP contribution in [0.15, 0.2) is 134 Å². The van der Waals surface area contributed by atoms with E-state index in [1.165, 1.54) is 28.3 Å². The fourth-order valence-corrected chi connectivity index (χ4v) is 5.44. The summed E-state index contributed by atoms with van der Waals surface area (Å²) in [7, 11) is 0. The van der Waals surface area contributed by atoms with E-state index in [9.17, 15) is 14.4 Å². The number of hydrogen-bond acceptors (Lipinski definition) is 7. The van der Waals surface area contributed by atoms with Crippen molar-refractivity contribution in [2.24, 2.45) is 0 Å². The zero-order valence-corrected chi connectivity index (χ0v) is 26.1. The van der Waals surface area contributed by atoms with Crippen LogP contribution in [0.2, 0.25) is 0 Å². The Labute approximate surface area is 278 Å². The number of fused-ring (bicyclic) bond motifs is 3. The molecule has 0 heterocycles. The minimum Gasteiger partial charge on any atom is -0.482 e. The Morgan fingerprint density at radius 1 is 0.729 bits per heavy atom. The lowest BCUT2D eigenvalue weighted by atomic mass is 10.0. The molecule has 0 bridgehead atoms. The van der Waals surface area contributed by atoms with Crippen LogP contribution in [0.4, 0.5) is 4.79 Å². The normalized spacial score (nSPS) is 11.8. The third-order valence-corrected chi connectivity index (χ3v) is 7.76. The van der Waals surface area contributed by atoms with E-state index in [0.29, 0.717) is 28.2 Å². The average molecular weight is 640 g/mol. The number of carbonyl (C=O) groups is 3. The molecule has 5 aromatic rings. The molecule has 1 atom stereocenters. The second-order valence-electron chi connectivity index (χ2n) is 11.1. The third-order valence-electron chi connectivity index (χ3n) is 7.76. The van der Waals surface area contributed by atoms with Gasteiger partial charge in [-0.3, -0.25) is 10.1 Å². The number of alkyl carbamates (subject to hydrolysis) is 1. The first-order chi connectivity index (χ1) is 23.5. The lowest BCUT2D eigenvalue weighted by molar-refractivity contribution is -0.144. The van der Waals surface area contributed by atoms with Gasteiger partial charge in [0.15, 0.2) is 12.4 Å². The molecule has 5 aromatic carbocycles. The topological polar surface area (TPSA) is 100 Å². The Balaban J connectivity index is 1.15. The van der Waals surface area contributed by atoms with Crippen LogP contribution in [0, 0.1) is 0 Å². The van der Waals surface area contributed by atoms with Crippen molar-refractivity contribution in [1.29, 1.82) is 0 Å². The van der Waals surface area contributed by atoms with E-state index in [1.807, 2.05) is 24.3 Å². The number of ketones is 1. The SMILES string of the molecule is C=CCOC(=O)COc1ccc(C(NC(=O)OCc2ccc3c(c2)Cc2ccccc2-3)Oc2cccc(C(=O)c3ccccc3)c2)cc1. The highest BCUT2D eigenvalue weighted by Gasteiger charge is 2.21. The van der Waals surface area contributed by atoms with Gasteiger partial charge in [-0.25, -0.2) is 9.59 Å². The number of rotatable bonds is 13. The summed E-state index contributed by atoms with van der Waals surface area (Å²) < 4.78 is 22.3. The van der Waals surface area contributed by atoms with Gasteiger partial charge >= 0.3 is 12.1 Å². The van der Waals surface area contributed by atoms with Gasteiger partial charge in [0.2, 0.25) is 6.23 Å². The Morgan fingerprint density at radius 3 is 2.29 bits per heavy atom. The number of ether oxygens (including phenoxy) is 4. The van der Waals surface area contributed by atoms with E-state index in [1.54, 1.807) is 72.8 Å². The quantitative estimate of drug-likeness (QED) is 0.0601. The predicted molar refractivity (Wildman–Crippen MR) is 181 cm³/mol. The molecule has 0 fully saturated rings. The number of amides is 1. The number of nitrogens with one attached hydrogen (secondary N) is 1. The van der Waals surface area contributed by atoms with Crippen molar-refractivity contribution < 1.29 is 33.3 Å². The van der Waals surface area contributed by atoms with E-state index >= 15 is 0 Å². The largest absolute Gasteiger partial charge is 0.482 e. The van der Waals surface area contributed by atoms with Crippen LogP contribution in [0.25, 0.3) is 11.1 Å². The van der Waals surface area contributed by atoms with Crippen LogP contribution in [0.5, 0.6) is 11.5 Å². The Hall–Kier alpha value is -6.15. The van der Waals surface area contributed by atoms with Crippen LogP contribution in [-0.4, -0.2) is 31.1 Å².